The van der Waals surface area contributed by atoms with Gasteiger partial charge in [-0.15, -0.1) is 0 Å². The average Bonchev–Trinajstić information content (AvgIpc) is 2.98. The number of hydrogen-bond donors (Lipinski definition) is 1. The summed E-state index contributed by atoms with van der Waals surface area (Å²) in [5.41, 5.74) is 0. The van der Waals surface area contributed by atoms with Crippen molar-refractivity contribution in [3.05, 3.63) is 0 Å². The second-order valence-electron chi connectivity index (χ2n) is 15.8. The van der Waals surface area contributed by atoms with Crippen molar-refractivity contribution in [2.45, 2.75) is 174 Å². The van der Waals surface area contributed by atoms with Crippen molar-refractivity contribution >= 4 is 5.97 Å². The first-order valence-electron chi connectivity index (χ1n) is 19.5. The maximum absolute atomic E-state index is 12.1. The van der Waals surface area contributed by atoms with Gasteiger partial charge in [0.05, 0.1) is 6.61 Å². The minimum absolute atomic E-state index is 0.0869. The summed E-state index contributed by atoms with van der Waals surface area (Å²) in [7, 11) is 0. The number of esters is 1. The Labute approximate surface area is 266 Å². The van der Waals surface area contributed by atoms with Gasteiger partial charge in [0.1, 0.15) is 12.7 Å². The number of ether oxygens (including phenoxy) is 2. The fourth-order valence-electron chi connectivity index (χ4n) is 9.64. The first-order chi connectivity index (χ1) is 21.1. The fraction of sp³-hybridized carbons (Fsp3) is 0.974. The SMILES string of the molecule is CC(C)CCCCCCCCCCCCC(=O)OC[C@H](CO)OCCCCCCCCC1CCC2C(C1)C1C3CCC3C21. The van der Waals surface area contributed by atoms with Crippen LogP contribution in [0.1, 0.15) is 168 Å². The van der Waals surface area contributed by atoms with Crippen LogP contribution in [0.15, 0.2) is 0 Å². The lowest BCUT2D eigenvalue weighted by Crippen LogP contribution is -2.69. The summed E-state index contributed by atoms with van der Waals surface area (Å²) in [6, 6.07) is 0. The lowest BCUT2D eigenvalue weighted by molar-refractivity contribution is -0.264. The third kappa shape index (κ3) is 11.3. The third-order valence-corrected chi connectivity index (χ3v) is 12.3. The normalized spacial score (nSPS) is 29.5. The zero-order valence-electron chi connectivity index (χ0n) is 28.5. The number of rotatable bonds is 26. The summed E-state index contributed by atoms with van der Waals surface area (Å²) >= 11 is 0. The highest BCUT2D eigenvalue weighted by atomic mass is 16.6. The van der Waals surface area contributed by atoms with E-state index in [1.807, 2.05) is 0 Å². The number of carbonyl (C=O) groups excluding carboxylic acids is 1. The molecule has 4 saturated carbocycles. The van der Waals surface area contributed by atoms with E-state index in [1.54, 1.807) is 25.7 Å². The molecule has 0 aromatic carbocycles. The zero-order valence-corrected chi connectivity index (χ0v) is 28.5. The van der Waals surface area contributed by atoms with Gasteiger partial charge in [-0.25, -0.2) is 0 Å². The van der Waals surface area contributed by atoms with Crippen LogP contribution in [0.25, 0.3) is 0 Å². The Morgan fingerprint density at radius 2 is 1.21 bits per heavy atom. The van der Waals surface area contributed by atoms with Gasteiger partial charge in [0.25, 0.3) is 0 Å². The van der Waals surface area contributed by atoms with Crippen molar-refractivity contribution in [1.82, 2.24) is 0 Å². The standard InChI is InChI=1S/C39H70O4/c1-30(2)19-15-11-7-5-3-4-6-8-13-17-21-37(41)43-29-32(28-40)42-26-18-14-10-9-12-16-20-31-22-23-35-36(27-31)39-34-25-24-33(34)38(35)39/h30-36,38-40H,3-29H2,1-2H3/t31?,32-,33?,34?,35?,36?,38?,39?/m0/s1. The van der Waals surface area contributed by atoms with Crippen LogP contribution in [0.2, 0.25) is 0 Å². The molecular formula is C39H70O4. The van der Waals surface area contributed by atoms with E-state index >= 15 is 0 Å². The Kier molecular flexibility index (Phi) is 16.2. The molecule has 1 N–H and O–H groups in total. The van der Waals surface area contributed by atoms with Crippen molar-refractivity contribution < 1.29 is 19.4 Å². The smallest absolute Gasteiger partial charge is 0.305 e. The minimum atomic E-state index is -0.384. The summed E-state index contributed by atoms with van der Waals surface area (Å²) < 4.78 is 11.2. The third-order valence-electron chi connectivity index (χ3n) is 12.3. The second-order valence-corrected chi connectivity index (χ2v) is 15.8. The predicted octanol–water partition coefficient (Wildman–Crippen LogP) is 10.3. The molecule has 0 aromatic heterocycles. The molecule has 8 atom stereocenters. The topological polar surface area (TPSA) is 55.8 Å². The highest BCUT2D eigenvalue weighted by Gasteiger charge is 2.68. The molecule has 0 aromatic rings. The van der Waals surface area contributed by atoms with E-state index < -0.39 is 0 Å². The van der Waals surface area contributed by atoms with E-state index in [2.05, 4.69) is 13.8 Å². The highest BCUT2D eigenvalue weighted by molar-refractivity contribution is 5.69. The van der Waals surface area contributed by atoms with E-state index in [0.29, 0.717) is 13.0 Å². The molecule has 0 aliphatic heterocycles. The van der Waals surface area contributed by atoms with E-state index in [9.17, 15) is 9.90 Å². The second kappa shape index (κ2) is 19.8. The largest absolute Gasteiger partial charge is 0.463 e. The van der Waals surface area contributed by atoms with Crippen LogP contribution in [0, 0.1) is 47.3 Å². The predicted molar refractivity (Wildman–Crippen MR) is 178 cm³/mol. The molecular weight excluding hydrogens is 532 g/mol. The maximum Gasteiger partial charge on any atom is 0.305 e. The maximum atomic E-state index is 12.1. The summed E-state index contributed by atoms with van der Waals surface area (Å²) in [5.74, 6) is 8.75. The molecule has 4 aliphatic carbocycles. The lowest BCUT2D eigenvalue weighted by atomic mass is 9.30. The van der Waals surface area contributed by atoms with E-state index in [-0.39, 0.29) is 25.3 Å². The van der Waals surface area contributed by atoms with Crippen LogP contribution in [-0.4, -0.2) is 37.0 Å². The van der Waals surface area contributed by atoms with Crippen LogP contribution in [-0.2, 0) is 14.3 Å². The molecule has 0 radical (unpaired) electrons. The minimum Gasteiger partial charge on any atom is -0.463 e. The molecule has 0 bridgehead atoms. The van der Waals surface area contributed by atoms with Crippen molar-refractivity contribution in [3.63, 3.8) is 0 Å². The van der Waals surface area contributed by atoms with Gasteiger partial charge >= 0.3 is 5.97 Å². The number of aliphatic hydroxyl groups is 1. The molecule has 4 fully saturated rings. The molecule has 4 rings (SSSR count). The monoisotopic (exact) mass is 603 g/mol. The number of fused-ring (bicyclic) bond motifs is 7. The molecule has 0 heterocycles. The van der Waals surface area contributed by atoms with Crippen molar-refractivity contribution in [1.29, 1.82) is 0 Å². The first kappa shape index (κ1) is 35.2. The van der Waals surface area contributed by atoms with Gasteiger partial charge in [0, 0.05) is 13.0 Å². The van der Waals surface area contributed by atoms with Gasteiger partial charge in [-0.2, -0.15) is 0 Å². The van der Waals surface area contributed by atoms with Crippen LogP contribution >= 0.6 is 0 Å². The Balaban J connectivity index is 0.865. The Bertz CT molecular complexity index is 746. The molecule has 4 aliphatic rings. The molecule has 0 amide bonds. The number of hydrogen-bond acceptors (Lipinski definition) is 4. The van der Waals surface area contributed by atoms with Gasteiger partial charge in [-0.3, -0.25) is 4.79 Å². The van der Waals surface area contributed by atoms with Crippen LogP contribution in [0.3, 0.4) is 0 Å². The average molecular weight is 603 g/mol. The molecule has 43 heavy (non-hydrogen) atoms. The number of carbonyl (C=O) groups is 1. The van der Waals surface area contributed by atoms with Gasteiger partial charge in [-0.05, 0) is 85.9 Å². The summed E-state index contributed by atoms with van der Waals surface area (Å²) in [6.45, 7) is 5.36. The van der Waals surface area contributed by atoms with Crippen molar-refractivity contribution in [2.75, 3.05) is 19.8 Å². The van der Waals surface area contributed by atoms with Gasteiger partial charge in [0.15, 0.2) is 0 Å². The van der Waals surface area contributed by atoms with E-state index in [4.69, 9.17) is 9.47 Å². The van der Waals surface area contributed by atoms with Crippen LogP contribution in [0.4, 0.5) is 0 Å². The molecule has 0 spiro atoms. The number of aliphatic hydroxyl groups excluding tert-OH is 1. The molecule has 7 unspecified atom stereocenters. The molecule has 4 heteroatoms. The van der Waals surface area contributed by atoms with Crippen molar-refractivity contribution in [3.8, 4) is 0 Å². The fourth-order valence-corrected chi connectivity index (χ4v) is 9.64. The van der Waals surface area contributed by atoms with Gasteiger partial charge in [0.2, 0.25) is 0 Å². The van der Waals surface area contributed by atoms with Gasteiger partial charge < -0.3 is 14.6 Å². The van der Waals surface area contributed by atoms with Gasteiger partial charge in [-0.1, -0.05) is 123 Å². The Hall–Kier alpha value is -0.610. The summed E-state index contributed by atoms with van der Waals surface area (Å²) in [4.78, 5) is 12.1. The molecule has 250 valence electrons. The Morgan fingerprint density at radius 1 is 0.674 bits per heavy atom. The number of unbranched alkanes of at least 4 members (excludes halogenated alkanes) is 14. The molecule has 4 nitrogen and oxygen atoms in total. The lowest BCUT2D eigenvalue weighted by Gasteiger charge is -2.74. The van der Waals surface area contributed by atoms with Crippen molar-refractivity contribution in [2.24, 2.45) is 47.3 Å². The first-order valence-corrected chi connectivity index (χ1v) is 19.5. The van der Waals surface area contributed by atoms with Crippen LogP contribution in [0.5, 0.6) is 0 Å². The van der Waals surface area contributed by atoms with E-state index in [1.165, 1.54) is 126 Å². The highest BCUT2D eigenvalue weighted by Crippen LogP contribution is 2.74. The molecule has 0 saturated heterocycles. The summed E-state index contributed by atoms with van der Waals surface area (Å²) in [6.07, 6.45) is 31.1. The quantitative estimate of drug-likeness (QED) is 0.0790. The van der Waals surface area contributed by atoms with Crippen LogP contribution < -0.4 is 0 Å². The zero-order chi connectivity index (χ0) is 30.3. The Morgan fingerprint density at radius 3 is 1.84 bits per heavy atom. The van der Waals surface area contributed by atoms with E-state index in [0.717, 1.165) is 42.9 Å². The summed E-state index contributed by atoms with van der Waals surface area (Å²) in [5, 5.41) is 9.62.